The van der Waals surface area contributed by atoms with Crippen molar-refractivity contribution in [3.05, 3.63) is 130 Å². The number of halogens is 1. The second-order valence-corrected chi connectivity index (χ2v) is 11.2. The number of anilines is 1. The van der Waals surface area contributed by atoms with Gasteiger partial charge in [-0.15, -0.1) is 0 Å². The molecule has 1 aliphatic carbocycles. The van der Waals surface area contributed by atoms with Gasteiger partial charge in [-0.05, 0) is 41.5 Å². The standard InChI is InChI=1S/C35H26ClNO5/c1-41-27-16-12-22(19-28(27)42-2)30-31(32(38)20-8-4-3-5-9-20)37-26-15-14-23(36)18-21(26)13-17-29(37)35(30)33(39)24-10-6-7-11-25(24)34(35)40/h3-19,29-31H,1-2H3/t29-,30+,31-/m1/s1. The molecule has 42 heavy (non-hydrogen) atoms. The Labute approximate surface area is 248 Å². The lowest BCUT2D eigenvalue weighted by molar-refractivity contribution is 0.0665. The van der Waals surface area contributed by atoms with Crippen molar-refractivity contribution in [3.63, 3.8) is 0 Å². The number of benzene rings is 4. The number of fused-ring (bicyclic) bond motifs is 5. The Morgan fingerprint density at radius 2 is 1.48 bits per heavy atom. The smallest absolute Gasteiger partial charge is 0.185 e. The predicted octanol–water partition coefficient (Wildman–Crippen LogP) is 6.67. The van der Waals surface area contributed by atoms with Gasteiger partial charge in [0.15, 0.2) is 28.8 Å². The van der Waals surface area contributed by atoms with E-state index in [1.165, 1.54) is 7.11 Å². The van der Waals surface area contributed by atoms with Gasteiger partial charge >= 0.3 is 0 Å². The van der Waals surface area contributed by atoms with Crippen molar-refractivity contribution in [1.82, 2.24) is 0 Å². The molecule has 1 fully saturated rings. The quantitative estimate of drug-likeness (QED) is 0.195. The lowest BCUT2D eigenvalue weighted by Crippen LogP contribution is -2.48. The molecule has 1 saturated heterocycles. The molecular weight excluding hydrogens is 550 g/mol. The Kier molecular flexibility index (Phi) is 6.06. The fourth-order valence-corrected chi connectivity index (χ4v) is 7.32. The summed E-state index contributed by atoms with van der Waals surface area (Å²) in [5, 5.41) is 0.550. The Bertz CT molecular complexity index is 1780. The number of methoxy groups -OCH3 is 2. The topological polar surface area (TPSA) is 72.9 Å². The van der Waals surface area contributed by atoms with Crippen LogP contribution in [0.5, 0.6) is 11.5 Å². The normalized spacial score (nSPS) is 21.2. The molecule has 3 atom stereocenters. The fraction of sp³-hybridized carbons (Fsp3) is 0.171. The van der Waals surface area contributed by atoms with Gasteiger partial charge in [0.2, 0.25) is 0 Å². The Morgan fingerprint density at radius 3 is 2.14 bits per heavy atom. The number of ether oxygens (including phenoxy) is 2. The first-order valence-corrected chi connectivity index (χ1v) is 14.1. The van der Waals surface area contributed by atoms with Crippen molar-refractivity contribution in [2.45, 2.75) is 18.0 Å². The third-order valence-electron chi connectivity index (χ3n) is 8.86. The number of Topliss-reactive ketones (excluding diaryl/α,β-unsaturated/α-hetero) is 3. The summed E-state index contributed by atoms with van der Waals surface area (Å²) in [7, 11) is 3.08. The third kappa shape index (κ3) is 3.48. The number of ketones is 3. The number of nitrogens with zero attached hydrogens (tertiary/aromatic N) is 1. The van der Waals surface area contributed by atoms with Gasteiger partial charge in [-0.25, -0.2) is 0 Å². The summed E-state index contributed by atoms with van der Waals surface area (Å²) in [6.07, 6.45) is 3.78. The highest BCUT2D eigenvalue weighted by Crippen LogP contribution is 2.61. The second-order valence-electron chi connectivity index (χ2n) is 10.8. The van der Waals surface area contributed by atoms with Crippen molar-refractivity contribution < 1.29 is 23.9 Å². The molecule has 4 aromatic carbocycles. The van der Waals surface area contributed by atoms with Crippen molar-refractivity contribution in [1.29, 1.82) is 0 Å². The number of hydrogen-bond acceptors (Lipinski definition) is 6. The van der Waals surface area contributed by atoms with Gasteiger partial charge in [0.05, 0.1) is 20.3 Å². The molecule has 4 aromatic rings. The maximum absolute atomic E-state index is 14.7. The van der Waals surface area contributed by atoms with E-state index in [-0.39, 0.29) is 17.3 Å². The Morgan fingerprint density at radius 1 is 0.810 bits per heavy atom. The maximum Gasteiger partial charge on any atom is 0.185 e. The fourth-order valence-electron chi connectivity index (χ4n) is 7.14. The van der Waals surface area contributed by atoms with Crippen LogP contribution in [0.4, 0.5) is 5.69 Å². The average Bonchev–Trinajstić information content (AvgIpc) is 3.46. The maximum atomic E-state index is 14.7. The number of carbonyl (C=O) groups excluding carboxylic acids is 3. The largest absolute Gasteiger partial charge is 0.493 e. The lowest BCUT2D eigenvalue weighted by Gasteiger charge is -2.37. The van der Waals surface area contributed by atoms with Gasteiger partial charge < -0.3 is 14.4 Å². The van der Waals surface area contributed by atoms with E-state index in [1.807, 2.05) is 53.5 Å². The van der Waals surface area contributed by atoms with Crippen LogP contribution in [-0.2, 0) is 0 Å². The Hall–Kier alpha value is -4.68. The zero-order valence-electron chi connectivity index (χ0n) is 22.9. The summed E-state index contributed by atoms with van der Waals surface area (Å²) < 4.78 is 11.1. The highest BCUT2D eigenvalue weighted by atomic mass is 35.5. The summed E-state index contributed by atoms with van der Waals surface area (Å²) in [6, 6.07) is 25.1. The SMILES string of the molecule is COc1ccc([C@H]2[C@H](C(=O)c3ccccc3)N3c4ccc(Cl)cc4C=C[C@@H]3C23C(=O)c2ccccc2C3=O)cc1OC. The van der Waals surface area contributed by atoms with Gasteiger partial charge in [0, 0.05) is 33.3 Å². The van der Waals surface area contributed by atoms with E-state index in [1.54, 1.807) is 61.7 Å². The zero-order chi connectivity index (χ0) is 29.2. The summed E-state index contributed by atoms with van der Waals surface area (Å²) in [6.45, 7) is 0. The Balaban J connectivity index is 1.56. The van der Waals surface area contributed by atoms with Crippen molar-refractivity contribution in [2.75, 3.05) is 19.1 Å². The van der Waals surface area contributed by atoms with E-state index in [4.69, 9.17) is 21.1 Å². The molecule has 6 nitrogen and oxygen atoms in total. The van der Waals surface area contributed by atoms with Crippen LogP contribution in [-0.4, -0.2) is 43.7 Å². The summed E-state index contributed by atoms with van der Waals surface area (Å²) >= 11 is 6.38. The van der Waals surface area contributed by atoms with Crippen molar-refractivity contribution in [3.8, 4) is 11.5 Å². The van der Waals surface area contributed by atoms with Crippen LogP contribution in [0, 0.1) is 5.41 Å². The minimum atomic E-state index is -1.60. The van der Waals surface area contributed by atoms with E-state index < -0.39 is 23.4 Å². The molecular formula is C35H26ClNO5. The van der Waals surface area contributed by atoms with E-state index in [0.29, 0.717) is 38.8 Å². The molecule has 0 bridgehead atoms. The van der Waals surface area contributed by atoms with Gasteiger partial charge in [-0.3, -0.25) is 14.4 Å². The monoisotopic (exact) mass is 575 g/mol. The van der Waals surface area contributed by atoms with E-state index >= 15 is 0 Å². The summed E-state index contributed by atoms with van der Waals surface area (Å²) in [4.78, 5) is 46.2. The van der Waals surface area contributed by atoms with Crippen LogP contribution in [0.1, 0.15) is 48.1 Å². The molecule has 0 aromatic heterocycles. The average molecular weight is 576 g/mol. The third-order valence-corrected chi connectivity index (χ3v) is 9.09. The predicted molar refractivity (Wildman–Crippen MR) is 161 cm³/mol. The molecule has 7 rings (SSSR count). The number of rotatable bonds is 5. The first kappa shape index (κ1) is 26.2. The van der Waals surface area contributed by atoms with E-state index in [2.05, 4.69) is 0 Å². The van der Waals surface area contributed by atoms with Crippen LogP contribution in [0.15, 0.2) is 97.1 Å². The zero-order valence-corrected chi connectivity index (χ0v) is 23.7. The molecule has 208 valence electrons. The molecule has 2 heterocycles. The summed E-state index contributed by atoms with van der Waals surface area (Å²) in [5.74, 6) is -0.673. The molecule has 3 aliphatic rings. The van der Waals surface area contributed by atoms with Gasteiger partial charge in [-0.1, -0.05) is 84.4 Å². The molecule has 0 saturated carbocycles. The first-order valence-electron chi connectivity index (χ1n) is 13.7. The van der Waals surface area contributed by atoms with Crippen LogP contribution in [0.2, 0.25) is 5.02 Å². The van der Waals surface area contributed by atoms with E-state index in [0.717, 1.165) is 11.3 Å². The minimum absolute atomic E-state index is 0.190. The molecule has 7 heteroatoms. The molecule has 0 amide bonds. The molecule has 1 spiro atoms. The van der Waals surface area contributed by atoms with Crippen molar-refractivity contribution in [2.24, 2.45) is 5.41 Å². The number of carbonyl (C=O) groups is 3. The van der Waals surface area contributed by atoms with Crippen LogP contribution < -0.4 is 14.4 Å². The summed E-state index contributed by atoms with van der Waals surface area (Å²) in [5.41, 5.74) is 1.81. The molecule has 0 unspecified atom stereocenters. The number of hydrogen-bond donors (Lipinski definition) is 0. The van der Waals surface area contributed by atoms with Gasteiger partial charge in [0.1, 0.15) is 11.5 Å². The minimum Gasteiger partial charge on any atom is -0.493 e. The van der Waals surface area contributed by atoms with Crippen molar-refractivity contribution >= 4 is 40.7 Å². The van der Waals surface area contributed by atoms with Crippen LogP contribution >= 0.6 is 11.6 Å². The van der Waals surface area contributed by atoms with Gasteiger partial charge in [-0.2, -0.15) is 0 Å². The highest BCUT2D eigenvalue weighted by molar-refractivity contribution is 6.32. The molecule has 0 radical (unpaired) electrons. The molecule has 2 aliphatic heterocycles. The first-order chi connectivity index (χ1) is 20.4. The highest BCUT2D eigenvalue weighted by Gasteiger charge is 2.71. The van der Waals surface area contributed by atoms with Crippen LogP contribution in [0.25, 0.3) is 6.08 Å². The van der Waals surface area contributed by atoms with Gasteiger partial charge in [0.25, 0.3) is 0 Å². The van der Waals surface area contributed by atoms with E-state index in [9.17, 15) is 14.4 Å². The molecule has 0 N–H and O–H groups in total. The van der Waals surface area contributed by atoms with Crippen LogP contribution in [0.3, 0.4) is 0 Å². The second kappa shape index (κ2) is 9.71. The lowest BCUT2D eigenvalue weighted by atomic mass is 9.64.